The van der Waals surface area contributed by atoms with Crippen molar-refractivity contribution in [3.05, 3.63) is 66.0 Å². The van der Waals surface area contributed by atoms with Crippen LogP contribution in [0.4, 0.5) is 5.69 Å². The molecule has 0 aliphatic heterocycles. The van der Waals surface area contributed by atoms with Gasteiger partial charge in [-0.3, -0.25) is 0 Å². The van der Waals surface area contributed by atoms with Gasteiger partial charge in [0.2, 0.25) is 0 Å². The van der Waals surface area contributed by atoms with Gasteiger partial charge in [0.05, 0.1) is 11.7 Å². The summed E-state index contributed by atoms with van der Waals surface area (Å²) in [4.78, 5) is 2.11. The lowest BCUT2D eigenvalue weighted by Crippen LogP contribution is -2.13. The Morgan fingerprint density at radius 3 is 2.62 bits per heavy atom. The molecule has 0 fully saturated rings. The summed E-state index contributed by atoms with van der Waals surface area (Å²) in [6, 6.07) is 14.7. The molecule has 0 saturated heterocycles. The number of aromatic nitrogens is 2. The summed E-state index contributed by atoms with van der Waals surface area (Å²) < 4.78 is 1.91. The quantitative estimate of drug-likeness (QED) is 0.780. The number of rotatable bonds is 5. The van der Waals surface area contributed by atoms with E-state index in [0.717, 1.165) is 18.6 Å². The van der Waals surface area contributed by atoms with Crippen LogP contribution in [0.25, 0.3) is 5.52 Å². The second kappa shape index (κ2) is 5.97. The highest BCUT2D eigenvalue weighted by Gasteiger charge is 2.02. The summed E-state index contributed by atoms with van der Waals surface area (Å²) in [6.07, 6.45) is 3.90. The van der Waals surface area contributed by atoms with E-state index in [4.69, 9.17) is 0 Å². The van der Waals surface area contributed by atoms with Crippen LogP contribution in [-0.4, -0.2) is 23.7 Å². The lowest BCUT2D eigenvalue weighted by atomic mass is 10.2. The average molecular weight is 280 g/mol. The molecule has 4 nitrogen and oxygen atoms in total. The van der Waals surface area contributed by atoms with Gasteiger partial charge >= 0.3 is 0 Å². The van der Waals surface area contributed by atoms with Gasteiger partial charge in [0.1, 0.15) is 0 Å². The fraction of sp³-hybridized carbons (Fsp3) is 0.235. The Hall–Kier alpha value is -2.33. The molecule has 0 unspecified atom stereocenters. The van der Waals surface area contributed by atoms with Gasteiger partial charge in [-0.25, -0.2) is 4.52 Å². The predicted molar refractivity (Wildman–Crippen MR) is 86.5 cm³/mol. The van der Waals surface area contributed by atoms with Crippen molar-refractivity contribution in [2.75, 3.05) is 19.0 Å². The molecule has 0 bridgehead atoms. The van der Waals surface area contributed by atoms with Crippen LogP contribution >= 0.6 is 0 Å². The molecule has 2 heterocycles. The van der Waals surface area contributed by atoms with Gasteiger partial charge in [-0.2, -0.15) is 5.10 Å². The third kappa shape index (κ3) is 3.06. The Labute approximate surface area is 125 Å². The van der Waals surface area contributed by atoms with Crippen LogP contribution in [-0.2, 0) is 13.1 Å². The van der Waals surface area contributed by atoms with Crippen LogP contribution in [0, 0.1) is 0 Å². The van der Waals surface area contributed by atoms with Gasteiger partial charge in [0.15, 0.2) is 0 Å². The molecular formula is C17H20N4. The molecule has 0 atom stereocenters. The van der Waals surface area contributed by atoms with Crippen molar-refractivity contribution in [3.63, 3.8) is 0 Å². The van der Waals surface area contributed by atoms with E-state index in [0.29, 0.717) is 0 Å². The zero-order chi connectivity index (χ0) is 14.7. The summed E-state index contributed by atoms with van der Waals surface area (Å²) in [6.45, 7) is 1.68. The molecule has 0 radical (unpaired) electrons. The van der Waals surface area contributed by atoms with Crippen molar-refractivity contribution in [1.82, 2.24) is 14.9 Å². The Bertz CT molecular complexity index is 713. The molecule has 3 aromatic rings. The van der Waals surface area contributed by atoms with Crippen LogP contribution < -0.4 is 10.2 Å². The third-order valence-electron chi connectivity index (χ3n) is 3.60. The van der Waals surface area contributed by atoms with Crippen molar-refractivity contribution in [2.24, 2.45) is 0 Å². The minimum atomic E-state index is 0.822. The highest BCUT2D eigenvalue weighted by molar-refractivity contribution is 5.53. The summed E-state index contributed by atoms with van der Waals surface area (Å²) in [5, 5.41) is 7.82. The standard InChI is InChI=1S/C17H20N4/c1-20(2)16-8-6-14(7-9-16)11-18-12-15-13-19-21-10-4-3-5-17(15)21/h3-10,13,18H,11-12H2,1-2H3. The molecule has 3 rings (SSSR count). The monoisotopic (exact) mass is 280 g/mol. The first-order chi connectivity index (χ1) is 10.2. The van der Waals surface area contributed by atoms with Crippen molar-refractivity contribution in [3.8, 4) is 0 Å². The first-order valence-corrected chi connectivity index (χ1v) is 7.12. The maximum atomic E-state index is 4.35. The summed E-state index contributed by atoms with van der Waals surface area (Å²) in [5.74, 6) is 0. The fourth-order valence-electron chi connectivity index (χ4n) is 2.38. The van der Waals surface area contributed by atoms with Crippen LogP contribution in [0.15, 0.2) is 54.9 Å². The topological polar surface area (TPSA) is 32.6 Å². The number of benzene rings is 1. The number of fused-ring (bicyclic) bond motifs is 1. The lowest BCUT2D eigenvalue weighted by molar-refractivity contribution is 0.696. The maximum Gasteiger partial charge on any atom is 0.0706 e. The van der Waals surface area contributed by atoms with E-state index >= 15 is 0 Å². The molecule has 0 aliphatic rings. The Morgan fingerprint density at radius 1 is 1.05 bits per heavy atom. The Kier molecular flexibility index (Phi) is 3.88. The minimum absolute atomic E-state index is 0.822. The highest BCUT2D eigenvalue weighted by atomic mass is 15.2. The Balaban J connectivity index is 1.61. The number of hydrogen-bond donors (Lipinski definition) is 1. The molecule has 108 valence electrons. The fourth-order valence-corrected chi connectivity index (χ4v) is 2.38. The van der Waals surface area contributed by atoms with Crippen molar-refractivity contribution >= 4 is 11.2 Å². The van der Waals surface area contributed by atoms with Gasteiger partial charge in [-0.05, 0) is 29.8 Å². The number of hydrogen-bond acceptors (Lipinski definition) is 3. The molecule has 0 spiro atoms. The third-order valence-corrected chi connectivity index (χ3v) is 3.60. The smallest absolute Gasteiger partial charge is 0.0706 e. The van der Waals surface area contributed by atoms with E-state index in [9.17, 15) is 0 Å². The molecule has 21 heavy (non-hydrogen) atoms. The normalized spacial score (nSPS) is 11.0. The van der Waals surface area contributed by atoms with Gasteiger partial charge in [-0.15, -0.1) is 0 Å². The lowest BCUT2D eigenvalue weighted by Gasteiger charge is -2.12. The van der Waals surface area contributed by atoms with Gasteiger partial charge in [0.25, 0.3) is 0 Å². The maximum absolute atomic E-state index is 4.35. The van der Waals surface area contributed by atoms with Crippen LogP contribution in [0.3, 0.4) is 0 Å². The summed E-state index contributed by atoms with van der Waals surface area (Å²) in [7, 11) is 4.11. The van der Waals surface area contributed by atoms with E-state index in [1.807, 2.05) is 29.0 Å². The Morgan fingerprint density at radius 2 is 1.86 bits per heavy atom. The van der Waals surface area contributed by atoms with Crippen molar-refractivity contribution in [2.45, 2.75) is 13.1 Å². The SMILES string of the molecule is CN(C)c1ccc(CNCc2cnn3ccccc23)cc1. The van der Waals surface area contributed by atoms with E-state index in [-0.39, 0.29) is 0 Å². The largest absolute Gasteiger partial charge is 0.378 e. The van der Waals surface area contributed by atoms with Gasteiger partial charge in [-0.1, -0.05) is 18.2 Å². The van der Waals surface area contributed by atoms with Gasteiger partial charge in [0, 0.05) is 44.6 Å². The van der Waals surface area contributed by atoms with Crippen molar-refractivity contribution < 1.29 is 0 Å². The summed E-state index contributed by atoms with van der Waals surface area (Å²) >= 11 is 0. The minimum Gasteiger partial charge on any atom is -0.378 e. The zero-order valence-electron chi connectivity index (χ0n) is 12.5. The molecule has 1 aromatic carbocycles. The van der Waals surface area contributed by atoms with E-state index in [2.05, 4.69) is 59.7 Å². The molecule has 0 amide bonds. The van der Waals surface area contributed by atoms with Gasteiger partial charge < -0.3 is 10.2 Å². The second-order valence-electron chi connectivity index (χ2n) is 5.36. The molecule has 0 saturated carbocycles. The van der Waals surface area contributed by atoms with E-state index in [1.54, 1.807) is 0 Å². The number of nitrogens with zero attached hydrogens (tertiary/aromatic N) is 3. The molecule has 2 aromatic heterocycles. The molecule has 4 heteroatoms. The summed E-state index contributed by atoms with van der Waals surface area (Å²) in [5.41, 5.74) is 4.90. The predicted octanol–water partition coefficient (Wildman–Crippen LogP) is 2.69. The molecule has 0 aliphatic carbocycles. The first kappa shape index (κ1) is 13.6. The van der Waals surface area contributed by atoms with Crippen LogP contribution in [0.5, 0.6) is 0 Å². The zero-order valence-corrected chi connectivity index (χ0v) is 12.5. The number of nitrogens with one attached hydrogen (secondary N) is 1. The number of anilines is 1. The van der Waals surface area contributed by atoms with E-state index < -0.39 is 0 Å². The van der Waals surface area contributed by atoms with Crippen LogP contribution in [0.2, 0.25) is 0 Å². The molecule has 1 N–H and O–H groups in total. The van der Waals surface area contributed by atoms with Crippen molar-refractivity contribution in [1.29, 1.82) is 0 Å². The van der Waals surface area contributed by atoms with E-state index in [1.165, 1.54) is 16.8 Å². The first-order valence-electron chi connectivity index (χ1n) is 7.12. The van der Waals surface area contributed by atoms with Crippen LogP contribution in [0.1, 0.15) is 11.1 Å². The molecular weight excluding hydrogens is 260 g/mol. The second-order valence-corrected chi connectivity index (χ2v) is 5.36. The number of pyridine rings is 1. The average Bonchev–Trinajstić information content (AvgIpc) is 2.91. The highest BCUT2D eigenvalue weighted by Crippen LogP contribution is 2.13.